The predicted molar refractivity (Wildman–Crippen MR) is 85.3 cm³/mol. The largest absolute Gasteiger partial charge is 0.393 e. The average Bonchev–Trinajstić information content (AvgIpc) is 2.56. The van der Waals surface area contributed by atoms with Crippen molar-refractivity contribution in [2.45, 2.75) is 44.3 Å². The molecule has 128 valence electrons. The van der Waals surface area contributed by atoms with Crippen LogP contribution in [0.2, 0.25) is 0 Å². The minimum absolute atomic E-state index is 0.143. The second-order valence-corrected chi connectivity index (χ2v) is 6.84. The maximum atomic E-state index is 13.0. The lowest BCUT2D eigenvalue weighted by atomic mass is 9.86. The van der Waals surface area contributed by atoms with Crippen molar-refractivity contribution in [2.24, 2.45) is 5.92 Å². The molecular weight excluding hydrogens is 301 g/mol. The fourth-order valence-corrected chi connectivity index (χ4v) is 3.92. The van der Waals surface area contributed by atoms with E-state index in [0.29, 0.717) is 18.9 Å². The molecule has 2 aliphatic rings. The van der Waals surface area contributed by atoms with E-state index in [4.69, 9.17) is 0 Å². The van der Waals surface area contributed by atoms with E-state index in [1.54, 1.807) is 0 Å². The van der Waals surface area contributed by atoms with Crippen LogP contribution in [0.25, 0.3) is 0 Å². The summed E-state index contributed by atoms with van der Waals surface area (Å²) in [7, 11) is 0. The maximum absolute atomic E-state index is 13.0. The highest BCUT2D eigenvalue weighted by Gasteiger charge is 2.41. The standard InChI is InChI=1S/C18H25F3N2/c19-18(20,21)16-5-3-11-23(13-16)12-15-4-1-2-6-17(15)14-7-9-22-10-8-14/h1-2,4,6,14,16,22H,3,5,7-13H2. The zero-order chi connectivity index (χ0) is 16.3. The highest BCUT2D eigenvalue weighted by molar-refractivity contribution is 5.31. The van der Waals surface area contributed by atoms with E-state index in [-0.39, 0.29) is 13.0 Å². The van der Waals surface area contributed by atoms with Gasteiger partial charge in [-0.1, -0.05) is 24.3 Å². The lowest BCUT2D eigenvalue weighted by Crippen LogP contribution is -2.41. The molecule has 0 spiro atoms. The SMILES string of the molecule is FC(F)(F)C1CCCN(Cc2ccccc2C2CCNCC2)C1. The minimum atomic E-state index is -4.06. The van der Waals surface area contributed by atoms with Crippen LogP contribution in [0.5, 0.6) is 0 Å². The van der Waals surface area contributed by atoms with Crippen LogP contribution in [0.4, 0.5) is 13.2 Å². The van der Waals surface area contributed by atoms with Crippen LogP contribution in [0, 0.1) is 5.92 Å². The Balaban J connectivity index is 1.70. The molecular formula is C18H25F3N2. The molecule has 1 N–H and O–H groups in total. The first-order chi connectivity index (χ1) is 11.0. The fourth-order valence-electron chi connectivity index (χ4n) is 3.92. The lowest BCUT2D eigenvalue weighted by molar-refractivity contribution is -0.187. The summed E-state index contributed by atoms with van der Waals surface area (Å²) in [5, 5.41) is 3.37. The van der Waals surface area contributed by atoms with Crippen molar-refractivity contribution < 1.29 is 13.2 Å². The predicted octanol–water partition coefficient (Wildman–Crippen LogP) is 3.93. The highest BCUT2D eigenvalue weighted by atomic mass is 19.4. The van der Waals surface area contributed by atoms with Crippen molar-refractivity contribution in [3.63, 3.8) is 0 Å². The first-order valence-corrected chi connectivity index (χ1v) is 8.61. The van der Waals surface area contributed by atoms with E-state index in [1.165, 1.54) is 11.1 Å². The van der Waals surface area contributed by atoms with Crippen molar-refractivity contribution in [2.75, 3.05) is 26.2 Å². The first kappa shape index (κ1) is 16.8. The van der Waals surface area contributed by atoms with Crippen molar-refractivity contribution in [1.82, 2.24) is 10.2 Å². The molecule has 2 fully saturated rings. The quantitative estimate of drug-likeness (QED) is 0.905. The number of halogens is 3. The van der Waals surface area contributed by atoms with Gasteiger partial charge in [-0.3, -0.25) is 4.90 Å². The summed E-state index contributed by atoms with van der Waals surface area (Å²) < 4.78 is 39.0. The Kier molecular flexibility index (Phi) is 5.27. The van der Waals surface area contributed by atoms with E-state index in [2.05, 4.69) is 23.5 Å². The van der Waals surface area contributed by atoms with E-state index in [1.807, 2.05) is 11.0 Å². The third-order valence-electron chi connectivity index (χ3n) is 5.20. The van der Waals surface area contributed by atoms with Crippen LogP contribution in [-0.2, 0) is 6.54 Å². The molecule has 0 aliphatic carbocycles. The van der Waals surface area contributed by atoms with E-state index < -0.39 is 12.1 Å². The molecule has 0 amide bonds. The summed E-state index contributed by atoms with van der Waals surface area (Å²) in [6, 6.07) is 8.31. The number of piperidine rings is 2. The van der Waals surface area contributed by atoms with Gasteiger partial charge in [-0.2, -0.15) is 13.2 Å². The molecule has 0 bridgehead atoms. The smallest absolute Gasteiger partial charge is 0.317 e. The van der Waals surface area contributed by atoms with Crippen molar-refractivity contribution in [3.8, 4) is 0 Å². The Morgan fingerprint density at radius 1 is 1.09 bits per heavy atom. The van der Waals surface area contributed by atoms with Crippen LogP contribution in [0.15, 0.2) is 24.3 Å². The molecule has 0 aromatic heterocycles. The number of hydrogen-bond acceptors (Lipinski definition) is 2. The lowest BCUT2D eigenvalue weighted by Gasteiger charge is -2.34. The summed E-state index contributed by atoms with van der Waals surface area (Å²) >= 11 is 0. The molecule has 3 rings (SSSR count). The third kappa shape index (κ3) is 4.27. The Hall–Kier alpha value is -1.07. The van der Waals surface area contributed by atoms with Gasteiger partial charge in [0.1, 0.15) is 0 Å². The summed E-state index contributed by atoms with van der Waals surface area (Å²) in [5.41, 5.74) is 2.55. The van der Waals surface area contributed by atoms with Gasteiger partial charge in [0, 0.05) is 13.1 Å². The maximum Gasteiger partial charge on any atom is 0.393 e. The number of alkyl halides is 3. The normalized spacial score (nSPS) is 24.7. The number of likely N-dealkylation sites (tertiary alicyclic amines) is 1. The number of hydrogen-bond donors (Lipinski definition) is 1. The highest BCUT2D eigenvalue weighted by Crippen LogP contribution is 2.34. The van der Waals surface area contributed by atoms with Crippen molar-refractivity contribution in [3.05, 3.63) is 35.4 Å². The van der Waals surface area contributed by atoms with Gasteiger partial charge in [-0.25, -0.2) is 0 Å². The molecule has 1 aromatic carbocycles. The molecule has 2 saturated heterocycles. The van der Waals surface area contributed by atoms with Crippen LogP contribution in [-0.4, -0.2) is 37.3 Å². The summed E-state index contributed by atoms with van der Waals surface area (Å²) in [6.45, 7) is 3.61. The van der Waals surface area contributed by atoms with Crippen LogP contribution in [0.1, 0.15) is 42.7 Å². The van der Waals surface area contributed by atoms with Gasteiger partial charge in [-0.15, -0.1) is 0 Å². The van der Waals surface area contributed by atoms with E-state index in [0.717, 1.165) is 32.5 Å². The number of benzene rings is 1. The van der Waals surface area contributed by atoms with E-state index >= 15 is 0 Å². The third-order valence-corrected chi connectivity index (χ3v) is 5.20. The molecule has 23 heavy (non-hydrogen) atoms. The molecule has 2 aliphatic heterocycles. The molecule has 1 atom stereocenters. The van der Waals surface area contributed by atoms with Gasteiger partial charge in [0.15, 0.2) is 0 Å². The van der Waals surface area contributed by atoms with Crippen molar-refractivity contribution >= 4 is 0 Å². The zero-order valence-corrected chi connectivity index (χ0v) is 13.4. The molecule has 5 heteroatoms. The monoisotopic (exact) mass is 326 g/mol. The molecule has 1 aromatic rings. The van der Waals surface area contributed by atoms with Crippen LogP contribution < -0.4 is 5.32 Å². The Morgan fingerprint density at radius 3 is 2.57 bits per heavy atom. The fraction of sp³-hybridized carbons (Fsp3) is 0.667. The van der Waals surface area contributed by atoms with E-state index in [9.17, 15) is 13.2 Å². The zero-order valence-electron chi connectivity index (χ0n) is 13.4. The molecule has 2 nitrogen and oxygen atoms in total. The number of nitrogens with one attached hydrogen (secondary N) is 1. The molecule has 1 unspecified atom stereocenters. The second kappa shape index (κ2) is 7.22. The Labute approximate surface area is 136 Å². The topological polar surface area (TPSA) is 15.3 Å². The minimum Gasteiger partial charge on any atom is -0.317 e. The van der Waals surface area contributed by atoms with Gasteiger partial charge >= 0.3 is 6.18 Å². The number of rotatable bonds is 3. The van der Waals surface area contributed by atoms with Gasteiger partial charge in [0.25, 0.3) is 0 Å². The molecule has 0 saturated carbocycles. The second-order valence-electron chi connectivity index (χ2n) is 6.84. The number of nitrogens with zero attached hydrogens (tertiary/aromatic N) is 1. The van der Waals surface area contributed by atoms with Gasteiger partial charge in [0.05, 0.1) is 5.92 Å². The Morgan fingerprint density at radius 2 is 1.83 bits per heavy atom. The van der Waals surface area contributed by atoms with Gasteiger partial charge < -0.3 is 5.32 Å². The van der Waals surface area contributed by atoms with Crippen LogP contribution >= 0.6 is 0 Å². The molecule has 0 radical (unpaired) electrons. The van der Waals surface area contributed by atoms with Gasteiger partial charge in [0.2, 0.25) is 0 Å². The van der Waals surface area contributed by atoms with Crippen LogP contribution in [0.3, 0.4) is 0 Å². The molecule has 2 heterocycles. The first-order valence-electron chi connectivity index (χ1n) is 8.61. The summed E-state index contributed by atoms with van der Waals surface area (Å²) in [6.07, 6.45) is -0.923. The summed E-state index contributed by atoms with van der Waals surface area (Å²) in [5.74, 6) is -0.627. The van der Waals surface area contributed by atoms with Gasteiger partial charge in [-0.05, 0) is 62.4 Å². The van der Waals surface area contributed by atoms with Crippen molar-refractivity contribution in [1.29, 1.82) is 0 Å². The average molecular weight is 326 g/mol. The summed E-state index contributed by atoms with van der Waals surface area (Å²) in [4.78, 5) is 1.99. The Bertz CT molecular complexity index is 509.